The van der Waals surface area contributed by atoms with Crippen molar-refractivity contribution >= 4 is 39.0 Å². The second kappa shape index (κ2) is 7.59. The number of ether oxygens (including phenoxy) is 1. The normalized spacial score (nSPS) is 12.1. The van der Waals surface area contributed by atoms with Crippen molar-refractivity contribution in [1.82, 2.24) is 0 Å². The average Bonchev–Trinajstić information content (AvgIpc) is 3.00. The van der Waals surface area contributed by atoms with Gasteiger partial charge in [0.2, 0.25) is 0 Å². The monoisotopic (exact) mass is 411 g/mol. The molecular weight excluding hydrogens is 398 g/mol. The Morgan fingerprint density at radius 3 is 2.43 bits per heavy atom. The molecule has 0 fully saturated rings. The van der Waals surface area contributed by atoms with Gasteiger partial charge in [0.15, 0.2) is 23.6 Å². The van der Waals surface area contributed by atoms with Crippen LogP contribution in [-0.4, -0.2) is 18.0 Å². The van der Waals surface area contributed by atoms with E-state index in [4.69, 9.17) is 4.74 Å². The lowest BCUT2D eigenvalue weighted by atomic mass is 10.1. The van der Waals surface area contributed by atoms with E-state index in [9.17, 15) is 27.2 Å². The third kappa shape index (κ3) is 3.57. The summed E-state index contributed by atoms with van der Waals surface area (Å²) in [5.41, 5.74) is -0.214. The highest BCUT2D eigenvalue weighted by molar-refractivity contribution is 7.21. The molecule has 0 saturated heterocycles. The van der Waals surface area contributed by atoms with E-state index in [1.54, 1.807) is 13.0 Å². The van der Waals surface area contributed by atoms with Gasteiger partial charge < -0.3 is 10.1 Å². The number of amides is 1. The predicted molar refractivity (Wildman–Crippen MR) is 96.3 cm³/mol. The molecule has 0 saturated carbocycles. The molecule has 1 atom stereocenters. The third-order valence-electron chi connectivity index (χ3n) is 4.03. The van der Waals surface area contributed by atoms with Crippen LogP contribution in [0.4, 0.5) is 23.2 Å². The van der Waals surface area contributed by atoms with E-state index in [1.807, 2.05) is 5.32 Å². The molecule has 0 radical (unpaired) electrons. The summed E-state index contributed by atoms with van der Waals surface area (Å²) in [6.45, 7) is 2.79. The zero-order valence-corrected chi connectivity index (χ0v) is 15.4. The van der Waals surface area contributed by atoms with Gasteiger partial charge in [-0.1, -0.05) is 6.07 Å². The maximum Gasteiger partial charge on any atom is 0.349 e. The molecule has 28 heavy (non-hydrogen) atoms. The fourth-order valence-corrected chi connectivity index (χ4v) is 3.68. The maximum absolute atomic E-state index is 14.0. The van der Waals surface area contributed by atoms with Crippen LogP contribution in [0.3, 0.4) is 0 Å². The molecule has 0 bridgehead atoms. The SMILES string of the molecule is Cc1c(C(=O)O[C@H](C)C(=O)Nc2ccc(F)c(F)c2F)sc2cccc(F)c12. The van der Waals surface area contributed by atoms with Crippen LogP contribution in [-0.2, 0) is 9.53 Å². The zero-order chi connectivity index (χ0) is 20.6. The van der Waals surface area contributed by atoms with E-state index in [2.05, 4.69) is 0 Å². The number of fused-ring (bicyclic) bond motifs is 1. The van der Waals surface area contributed by atoms with Gasteiger partial charge in [0.1, 0.15) is 10.7 Å². The van der Waals surface area contributed by atoms with E-state index < -0.39 is 46.9 Å². The lowest BCUT2D eigenvalue weighted by Gasteiger charge is -2.14. The van der Waals surface area contributed by atoms with E-state index in [0.29, 0.717) is 21.7 Å². The first-order valence-corrected chi connectivity index (χ1v) is 8.85. The minimum absolute atomic E-state index is 0.124. The second-order valence-corrected chi connectivity index (χ2v) is 6.98. The first-order chi connectivity index (χ1) is 13.2. The number of carbonyl (C=O) groups excluding carboxylic acids is 2. The Bertz CT molecular complexity index is 1100. The zero-order valence-electron chi connectivity index (χ0n) is 14.6. The van der Waals surface area contributed by atoms with Crippen LogP contribution in [0.25, 0.3) is 10.1 Å². The fraction of sp³-hybridized carbons (Fsp3) is 0.158. The summed E-state index contributed by atoms with van der Waals surface area (Å²) in [6, 6.07) is 5.92. The van der Waals surface area contributed by atoms with Crippen LogP contribution in [0.5, 0.6) is 0 Å². The lowest BCUT2D eigenvalue weighted by Crippen LogP contribution is -2.30. The molecule has 3 aromatic rings. The molecule has 9 heteroatoms. The summed E-state index contributed by atoms with van der Waals surface area (Å²) >= 11 is 1.01. The Morgan fingerprint density at radius 2 is 1.75 bits per heavy atom. The smallest absolute Gasteiger partial charge is 0.349 e. The highest BCUT2D eigenvalue weighted by atomic mass is 32.1. The number of esters is 1. The summed E-state index contributed by atoms with van der Waals surface area (Å²) in [5.74, 6) is -6.98. The number of rotatable bonds is 4. The number of benzene rings is 2. The summed E-state index contributed by atoms with van der Waals surface area (Å²) < 4.78 is 59.4. The minimum Gasteiger partial charge on any atom is -0.448 e. The Labute approximate surface area is 160 Å². The standard InChI is InChI=1S/C19H13F4NO3S/c1-8-14-10(20)4-3-5-13(14)28-17(8)19(26)27-9(2)18(25)24-12-7-6-11(21)15(22)16(12)23/h3-7,9H,1-2H3,(H,24,25)/t9-/m1/s1. The highest BCUT2D eigenvalue weighted by Crippen LogP contribution is 2.33. The topological polar surface area (TPSA) is 55.4 Å². The number of carbonyl (C=O) groups is 2. The van der Waals surface area contributed by atoms with Crippen molar-refractivity contribution in [2.45, 2.75) is 20.0 Å². The first-order valence-electron chi connectivity index (χ1n) is 8.03. The largest absolute Gasteiger partial charge is 0.448 e. The number of halogens is 4. The second-order valence-electron chi connectivity index (χ2n) is 5.93. The maximum atomic E-state index is 14.0. The molecule has 4 nitrogen and oxygen atoms in total. The molecule has 1 amide bonds. The van der Waals surface area contributed by atoms with Crippen LogP contribution in [0.2, 0.25) is 0 Å². The van der Waals surface area contributed by atoms with Crippen molar-refractivity contribution in [2.75, 3.05) is 5.32 Å². The fourth-order valence-electron chi connectivity index (χ4n) is 2.57. The van der Waals surface area contributed by atoms with Gasteiger partial charge in [-0.05, 0) is 43.7 Å². The van der Waals surface area contributed by atoms with Crippen LogP contribution < -0.4 is 5.32 Å². The number of nitrogens with one attached hydrogen (secondary N) is 1. The molecule has 1 aromatic heterocycles. The Hall–Kier alpha value is -2.94. The quantitative estimate of drug-likeness (QED) is 0.376. The van der Waals surface area contributed by atoms with Gasteiger partial charge >= 0.3 is 5.97 Å². The summed E-state index contributed by atoms with van der Waals surface area (Å²) in [4.78, 5) is 24.6. The molecule has 0 aliphatic heterocycles. The molecule has 1 heterocycles. The van der Waals surface area contributed by atoms with Gasteiger partial charge in [-0.15, -0.1) is 11.3 Å². The van der Waals surface area contributed by atoms with Crippen molar-refractivity contribution in [1.29, 1.82) is 0 Å². The number of hydrogen-bond acceptors (Lipinski definition) is 4. The van der Waals surface area contributed by atoms with Crippen LogP contribution in [0, 0.1) is 30.2 Å². The Morgan fingerprint density at radius 1 is 1.04 bits per heavy atom. The minimum atomic E-state index is -1.73. The van der Waals surface area contributed by atoms with E-state index >= 15 is 0 Å². The van der Waals surface area contributed by atoms with Crippen molar-refractivity contribution in [3.8, 4) is 0 Å². The first kappa shape index (κ1) is 19.8. The van der Waals surface area contributed by atoms with Crippen molar-refractivity contribution in [2.24, 2.45) is 0 Å². The number of hydrogen-bond donors (Lipinski definition) is 1. The average molecular weight is 411 g/mol. The molecule has 1 N–H and O–H groups in total. The lowest BCUT2D eigenvalue weighted by molar-refractivity contribution is -0.123. The Kier molecular flexibility index (Phi) is 5.37. The predicted octanol–water partition coefficient (Wildman–Crippen LogP) is 4.95. The van der Waals surface area contributed by atoms with Gasteiger partial charge in [-0.3, -0.25) is 4.79 Å². The van der Waals surface area contributed by atoms with E-state index in [0.717, 1.165) is 17.4 Å². The molecule has 0 aliphatic carbocycles. The van der Waals surface area contributed by atoms with E-state index in [-0.39, 0.29) is 4.88 Å². The summed E-state index contributed by atoms with van der Waals surface area (Å²) in [6.07, 6.45) is -1.37. The van der Waals surface area contributed by atoms with Crippen LogP contribution >= 0.6 is 11.3 Å². The highest BCUT2D eigenvalue weighted by Gasteiger charge is 2.25. The molecule has 0 spiro atoms. The van der Waals surface area contributed by atoms with Gasteiger partial charge in [0.05, 0.1) is 5.69 Å². The van der Waals surface area contributed by atoms with Gasteiger partial charge in [-0.25, -0.2) is 22.4 Å². The van der Waals surface area contributed by atoms with Crippen molar-refractivity contribution in [3.05, 3.63) is 64.0 Å². The summed E-state index contributed by atoms with van der Waals surface area (Å²) in [5, 5.41) is 2.32. The number of thiophene rings is 1. The van der Waals surface area contributed by atoms with Crippen LogP contribution in [0.1, 0.15) is 22.2 Å². The molecule has 2 aromatic carbocycles. The molecule has 0 aliphatic rings. The summed E-state index contributed by atoms with van der Waals surface area (Å²) in [7, 11) is 0. The Balaban J connectivity index is 1.76. The van der Waals surface area contributed by atoms with Gasteiger partial charge in [0.25, 0.3) is 5.91 Å². The van der Waals surface area contributed by atoms with Gasteiger partial charge in [0, 0.05) is 10.1 Å². The van der Waals surface area contributed by atoms with E-state index in [1.165, 1.54) is 19.1 Å². The van der Waals surface area contributed by atoms with Crippen molar-refractivity contribution < 1.29 is 31.9 Å². The molecule has 0 unspecified atom stereocenters. The number of anilines is 1. The van der Waals surface area contributed by atoms with Gasteiger partial charge in [-0.2, -0.15) is 0 Å². The third-order valence-corrected chi connectivity index (χ3v) is 5.27. The van der Waals surface area contributed by atoms with Crippen molar-refractivity contribution in [3.63, 3.8) is 0 Å². The molecular formula is C19H13F4NO3S. The number of aryl methyl sites for hydroxylation is 1. The van der Waals surface area contributed by atoms with Crippen LogP contribution in [0.15, 0.2) is 30.3 Å². The molecule has 3 rings (SSSR count). The molecule has 146 valence electrons.